The molecule has 0 radical (unpaired) electrons. The van der Waals surface area contributed by atoms with Crippen molar-refractivity contribution in [2.45, 2.75) is 84.5 Å². The summed E-state index contributed by atoms with van der Waals surface area (Å²) in [5.74, 6) is -9.51. The molecule has 0 spiro atoms. The largest absolute Gasteiger partial charge is 0.458 e. The van der Waals surface area contributed by atoms with E-state index in [4.69, 9.17) is 14.2 Å². The highest BCUT2D eigenvalue weighted by atomic mass is 19.4. The highest BCUT2D eigenvalue weighted by Gasteiger charge is 2.71. The molecule has 0 N–H and O–H groups in total. The zero-order valence-electron chi connectivity index (χ0n) is 21.4. The molecule has 8 nitrogen and oxygen atoms in total. The van der Waals surface area contributed by atoms with Gasteiger partial charge in [0.05, 0.1) is 17.3 Å². The van der Waals surface area contributed by atoms with Crippen molar-refractivity contribution in [2.75, 3.05) is 6.61 Å². The maximum atomic E-state index is 12.9. The standard InChI is InChI=1S/C24H30F6O8/c1-6-7-22(5,21(2,3)4)20(34)35-9-12(31)36-15-10-8-11-13(17(32)37-16(11)15)14(10)18(33)38-19(23(25,26)27)24(28,29)30/h10-11,13-16,19H,6-9H2,1-5H3. The van der Waals surface area contributed by atoms with Gasteiger partial charge in [0.25, 0.3) is 6.10 Å². The van der Waals surface area contributed by atoms with E-state index in [1.165, 1.54) is 0 Å². The van der Waals surface area contributed by atoms with Gasteiger partial charge in [0.2, 0.25) is 0 Å². The summed E-state index contributed by atoms with van der Waals surface area (Å²) in [6, 6.07) is 0. The predicted molar refractivity (Wildman–Crippen MR) is 114 cm³/mol. The number of hydrogen-bond acceptors (Lipinski definition) is 8. The molecule has 7 unspecified atom stereocenters. The van der Waals surface area contributed by atoms with Crippen LogP contribution < -0.4 is 0 Å². The number of rotatable bonds is 8. The van der Waals surface area contributed by atoms with Gasteiger partial charge < -0.3 is 18.9 Å². The monoisotopic (exact) mass is 560 g/mol. The van der Waals surface area contributed by atoms with Gasteiger partial charge >= 0.3 is 36.2 Å². The number of hydrogen-bond donors (Lipinski definition) is 0. The van der Waals surface area contributed by atoms with Gasteiger partial charge in [-0.15, -0.1) is 0 Å². The zero-order valence-corrected chi connectivity index (χ0v) is 21.4. The predicted octanol–water partition coefficient (Wildman–Crippen LogP) is 4.14. The molecule has 7 atom stereocenters. The Balaban J connectivity index is 1.71. The molecule has 216 valence electrons. The molecule has 3 fully saturated rings. The third-order valence-electron chi connectivity index (χ3n) is 8.09. The van der Waals surface area contributed by atoms with Gasteiger partial charge in [-0.2, -0.15) is 26.3 Å². The van der Waals surface area contributed by atoms with Crippen molar-refractivity contribution in [2.24, 2.45) is 34.5 Å². The SMILES string of the molecule is CCCC(C)(C(=O)OCC(=O)OC1C2CC3C1OC(=O)C3C2C(=O)OC(C(F)(F)F)C(F)(F)F)C(C)(C)C. The van der Waals surface area contributed by atoms with Crippen molar-refractivity contribution < 1.29 is 64.5 Å². The summed E-state index contributed by atoms with van der Waals surface area (Å²) in [5, 5.41) is 0. The van der Waals surface area contributed by atoms with Crippen LogP contribution in [0.4, 0.5) is 26.3 Å². The summed E-state index contributed by atoms with van der Waals surface area (Å²) >= 11 is 0. The number of ether oxygens (including phenoxy) is 4. The minimum atomic E-state index is -5.93. The van der Waals surface area contributed by atoms with E-state index >= 15 is 0 Å². The van der Waals surface area contributed by atoms with Crippen molar-refractivity contribution in [3.63, 3.8) is 0 Å². The van der Waals surface area contributed by atoms with E-state index in [2.05, 4.69) is 4.74 Å². The van der Waals surface area contributed by atoms with Gasteiger partial charge in [-0.25, -0.2) is 4.79 Å². The van der Waals surface area contributed by atoms with Crippen molar-refractivity contribution in [3.05, 3.63) is 0 Å². The first-order valence-electron chi connectivity index (χ1n) is 12.1. The lowest BCUT2D eigenvalue weighted by molar-refractivity contribution is -0.315. The van der Waals surface area contributed by atoms with E-state index in [1.54, 1.807) is 6.92 Å². The maximum absolute atomic E-state index is 12.9. The van der Waals surface area contributed by atoms with Crippen LogP contribution in [0.2, 0.25) is 0 Å². The van der Waals surface area contributed by atoms with E-state index in [9.17, 15) is 45.5 Å². The molecule has 0 aromatic carbocycles. The molecule has 0 aromatic heterocycles. The van der Waals surface area contributed by atoms with Crippen molar-refractivity contribution in [1.82, 2.24) is 0 Å². The van der Waals surface area contributed by atoms with E-state index < -0.39 is 95.7 Å². The lowest BCUT2D eigenvalue weighted by Gasteiger charge is -2.39. The molecular formula is C24H30F6O8. The van der Waals surface area contributed by atoms with Crippen LogP contribution in [-0.2, 0) is 38.1 Å². The average molecular weight is 560 g/mol. The Bertz CT molecular complexity index is 956. The molecule has 38 heavy (non-hydrogen) atoms. The third kappa shape index (κ3) is 5.31. The zero-order chi connectivity index (χ0) is 29.0. The average Bonchev–Trinajstić information content (AvgIpc) is 3.37. The van der Waals surface area contributed by atoms with Crippen molar-refractivity contribution in [3.8, 4) is 0 Å². The Hall–Kier alpha value is -2.54. The Labute approximate surface area is 214 Å². The molecule has 1 aliphatic heterocycles. The van der Waals surface area contributed by atoms with E-state index in [0.29, 0.717) is 12.8 Å². The van der Waals surface area contributed by atoms with E-state index in [0.717, 1.165) is 0 Å². The quantitative estimate of drug-likeness (QED) is 0.248. The van der Waals surface area contributed by atoms with Crippen molar-refractivity contribution >= 4 is 23.9 Å². The maximum Gasteiger partial charge on any atom is 0.434 e. The summed E-state index contributed by atoms with van der Waals surface area (Å²) in [4.78, 5) is 50.2. The van der Waals surface area contributed by atoms with Crippen LogP contribution in [0.15, 0.2) is 0 Å². The van der Waals surface area contributed by atoms with E-state index in [-0.39, 0.29) is 6.42 Å². The van der Waals surface area contributed by atoms with Gasteiger partial charge in [0.1, 0.15) is 12.2 Å². The molecule has 1 heterocycles. The normalized spacial score (nSPS) is 30.2. The van der Waals surface area contributed by atoms with Crippen LogP contribution in [0.3, 0.4) is 0 Å². The second kappa shape index (κ2) is 9.89. The fraction of sp³-hybridized carbons (Fsp3) is 0.833. The Kier molecular flexibility index (Phi) is 7.81. The molecule has 2 aliphatic carbocycles. The summed E-state index contributed by atoms with van der Waals surface area (Å²) in [5.41, 5.74) is -1.45. The number of esters is 4. The Morgan fingerprint density at radius 2 is 1.58 bits per heavy atom. The highest BCUT2D eigenvalue weighted by Crippen LogP contribution is 2.59. The second-order valence-electron chi connectivity index (χ2n) is 11.3. The number of alkyl halides is 6. The molecule has 0 aromatic rings. The van der Waals surface area contributed by atoms with Gasteiger partial charge in [0.15, 0.2) is 6.61 Å². The molecular weight excluding hydrogens is 530 g/mol. The number of carbonyl (C=O) groups is 4. The first-order chi connectivity index (χ1) is 17.2. The molecule has 2 bridgehead atoms. The van der Waals surface area contributed by atoms with Crippen LogP contribution in [0.1, 0.15) is 53.9 Å². The lowest BCUT2D eigenvalue weighted by atomic mass is 9.65. The second-order valence-corrected chi connectivity index (χ2v) is 11.3. The first-order valence-corrected chi connectivity index (χ1v) is 12.1. The molecule has 14 heteroatoms. The third-order valence-corrected chi connectivity index (χ3v) is 8.09. The number of carbonyl (C=O) groups excluding carboxylic acids is 4. The van der Waals surface area contributed by atoms with Crippen LogP contribution >= 0.6 is 0 Å². The van der Waals surface area contributed by atoms with Gasteiger partial charge in [0, 0.05) is 11.8 Å². The molecule has 3 rings (SSSR count). The highest BCUT2D eigenvalue weighted by molar-refractivity contribution is 5.86. The molecule has 2 saturated carbocycles. The van der Waals surface area contributed by atoms with Crippen LogP contribution in [0.25, 0.3) is 0 Å². The summed E-state index contributed by atoms with van der Waals surface area (Å²) in [7, 11) is 0. The lowest BCUT2D eigenvalue weighted by Crippen LogP contribution is -2.49. The van der Waals surface area contributed by atoms with Crippen LogP contribution in [0, 0.1) is 34.5 Å². The summed E-state index contributed by atoms with van der Waals surface area (Å²) in [6.45, 7) is 8.26. The fourth-order valence-corrected chi connectivity index (χ4v) is 5.74. The minimum Gasteiger partial charge on any atom is -0.458 e. The number of halogens is 6. The van der Waals surface area contributed by atoms with Gasteiger partial charge in [-0.3, -0.25) is 14.4 Å². The Morgan fingerprint density at radius 1 is 1.00 bits per heavy atom. The minimum absolute atomic E-state index is 0.0140. The van der Waals surface area contributed by atoms with Gasteiger partial charge in [-0.1, -0.05) is 34.1 Å². The molecule has 0 amide bonds. The Morgan fingerprint density at radius 3 is 2.08 bits per heavy atom. The van der Waals surface area contributed by atoms with Crippen LogP contribution in [-0.4, -0.2) is 61.1 Å². The molecule has 3 aliphatic rings. The van der Waals surface area contributed by atoms with Crippen LogP contribution in [0.5, 0.6) is 0 Å². The summed E-state index contributed by atoms with van der Waals surface area (Å²) < 4.78 is 97.0. The fourth-order valence-electron chi connectivity index (χ4n) is 5.74. The summed E-state index contributed by atoms with van der Waals surface area (Å²) in [6.07, 6.45) is -17.5. The number of fused-ring (bicyclic) bond motifs is 1. The smallest absolute Gasteiger partial charge is 0.434 e. The topological polar surface area (TPSA) is 105 Å². The van der Waals surface area contributed by atoms with E-state index in [1.807, 2.05) is 27.7 Å². The molecule has 1 saturated heterocycles. The van der Waals surface area contributed by atoms with Crippen molar-refractivity contribution in [1.29, 1.82) is 0 Å². The first kappa shape index (κ1) is 30.0. The van der Waals surface area contributed by atoms with Gasteiger partial charge in [-0.05, 0) is 25.2 Å².